The van der Waals surface area contributed by atoms with Crippen LogP contribution in [0.4, 0.5) is 0 Å². The summed E-state index contributed by atoms with van der Waals surface area (Å²) in [6.45, 7) is 3.55. The van der Waals surface area contributed by atoms with Gasteiger partial charge in [0.2, 0.25) is 0 Å². The first-order valence-electron chi connectivity index (χ1n) is 4.99. The zero-order valence-electron chi connectivity index (χ0n) is 9.19. The maximum atomic E-state index is 5.16. The Hall–Kier alpha value is -1.40. The van der Waals surface area contributed by atoms with E-state index in [-0.39, 0.29) is 0 Å². The highest BCUT2D eigenvalue weighted by atomic mass is 32.1. The van der Waals surface area contributed by atoms with Crippen LogP contribution in [0.15, 0.2) is 16.0 Å². The van der Waals surface area contributed by atoms with Crippen molar-refractivity contribution in [3.8, 4) is 16.5 Å². The average molecular weight is 239 g/mol. The van der Waals surface area contributed by atoms with Crippen LogP contribution >= 0.6 is 11.3 Å². The Balaban J connectivity index is 2.11. The summed E-state index contributed by atoms with van der Waals surface area (Å²) >= 11 is 1.52. The molecule has 2 heterocycles. The van der Waals surface area contributed by atoms with E-state index in [0.29, 0.717) is 18.3 Å². The van der Waals surface area contributed by atoms with Gasteiger partial charge in [0.15, 0.2) is 5.82 Å². The Morgan fingerprint density at radius 2 is 2.44 bits per heavy atom. The lowest BCUT2D eigenvalue weighted by Gasteiger charge is -1.92. The molecule has 0 radical (unpaired) electrons. The highest BCUT2D eigenvalue weighted by Gasteiger charge is 2.11. The van der Waals surface area contributed by atoms with Crippen LogP contribution in [0.2, 0.25) is 0 Å². The Kier molecular flexibility index (Phi) is 3.53. The molecule has 0 unspecified atom stereocenters. The second-order valence-electron chi connectivity index (χ2n) is 3.15. The van der Waals surface area contributed by atoms with E-state index in [9.17, 15) is 0 Å². The van der Waals surface area contributed by atoms with Crippen LogP contribution in [0.1, 0.15) is 12.7 Å². The lowest BCUT2D eigenvalue weighted by molar-refractivity contribution is 0.414. The van der Waals surface area contributed by atoms with Crippen molar-refractivity contribution >= 4 is 11.3 Å². The molecule has 0 aromatic carbocycles. The second kappa shape index (κ2) is 5.09. The van der Waals surface area contributed by atoms with Crippen LogP contribution in [-0.4, -0.2) is 23.8 Å². The van der Waals surface area contributed by atoms with Crippen molar-refractivity contribution in [2.24, 2.45) is 0 Å². The van der Waals surface area contributed by atoms with E-state index in [1.54, 1.807) is 7.11 Å². The third-order valence-corrected chi connectivity index (χ3v) is 2.92. The molecule has 2 aromatic heterocycles. The molecule has 0 aliphatic rings. The molecular formula is C10H13N3O2S. The number of methoxy groups -OCH3 is 1. The van der Waals surface area contributed by atoms with Crippen molar-refractivity contribution in [1.29, 1.82) is 0 Å². The Morgan fingerprint density at radius 1 is 1.56 bits per heavy atom. The fourth-order valence-corrected chi connectivity index (χ4v) is 1.98. The topological polar surface area (TPSA) is 60.2 Å². The highest BCUT2D eigenvalue weighted by Crippen LogP contribution is 2.29. The van der Waals surface area contributed by atoms with Gasteiger partial charge in [-0.25, -0.2) is 0 Å². The maximum Gasteiger partial charge on any atom is 0.268 e. The highest BCUT2D eigenvalue weighted by molar-refractivity contribution is 7.13. The predicted octanol–water partition coefficient (Wildman–Crippen LogP) is 1.92. The van der Waals surface area contributed by atoms with E-state index in [1.165, 1.54) is 11.3 Å². The third kappa shape index (κ3) is 2.40. The van der Waals surface area contributed by atoms with E-state index < -0.39 is 0 Å². The minimum absolute atomic E-state index is 0.543. The number of thiophene rings is 1. The molecule has 2 rings (SSSR count). The minimum atomic E-state index is 0.543. The summed E-state index contributed by atoms with van der Waals surface area (Å²) in [5.41, 5.74) is 0. The van der Waals surface area contributed by atoms with Gasteiger partial charge in [-0.05, 0) is 6.54 Å². The molecule has 0 atom stereocenters. The lowest BCUT2D eigenvalue weighted by Crippen LogP contribution is -2.12. The second-order valence-corrected chi connectivity index (χ2v) is 4.06. The van der Waals surface area contributed by atoms with Gasteiger partial charge in [-0.2, -0.15) is 4.98 Å². The summed E-state index contributed by atoms with van der Waals surface area (Å²) in [4.78, 5) is 5.20. The van der Waals surface area contributed by atoms with Crippen LogP contribution in [0, 0.1) is 0 Å². The van der Waals surface area contributed by atoms with Crippen molar-refractivity contribution in [1.82, 2.24) is 15.5 Å². The largest absolute Gasteiger partial charge is 0.496 e. The van der Waals surface area contributed by atoms with Crippen LogP contribution in [-0.2, 0) is 6.54 Å². The van der Waals surface area contributed by atoms with Gasteiger partial charge in [0.1, 0.15) is 5.75 Å². The molecule has 2 aromatic rings. The lowest BCUT2D eigenvalue weighted by atomic mass is 10.4. The van der Waals surface area contributed by atoms with E-state index in [4.69, 9.17) is 9.26 Å². The van der Waals surface area contributed by atoms with Crippen molar-refractivity contribution in [3.63, 3.8) is 0 Å². The third-order valence-electron chi connectivity index (χ3n) is 2.02. The maximum absolute atomic E-state index is 5.16. The molecule has 86 valence electrons. The summed E-state index contributed by atoms with van der Waals surface area (Å²) in [6.07, 6.45) is 0. The molecule has 5 nitrogen and oxygen atoms in total. The number of nitrogens with one attached hydrogen (secondary N) is 1. The number of ether oxygens (including phenoxy) is 1. The summed E-state index contributed by atoms with van der Waals surface area (Å²) < 4.78 is 10.3. The van der Waals surface area contributed by atoms with Gasteiger partial charge >= 0.3 is 0 Å². The minimum Gasteiger partial charge on any atom is -0.496 e. The smallest absolute Gasteiger partial charge is 0.268 e. The van der Waals surface area contributed by atoms with Crippen molar-refractivity contribution in [2.45, 2.75) is 13.5 Å². The molecule has 0 fully saturated rings. The molecule has 0 spiro atoms. The van der Waals surface area contributed by atoms with E-state index >= 15 is 0 Å². The molecule has 16 heavy (non-hydrogen) atoms. The Labute approximate surface area is 97.4 Å². The van der Waals surface area contributed by atoms with E-state index in [0.717, 1.165) is 17.2 Å². The molecule has 0 aliphatic carbocycles. The van der Waals surface area contributed by atoms with Gasteiger partial charge < -0.3 is 14.6 Å². The van der Waals surface area contributed by atoms with Gasteiger partial charge in [0.05, 0.1) is 18.5 Å². The average Bonchev–Trinajstić information content (AvgIpc) is 2.94. The molecule has 0 aliphatic heterocycles. The number of nitrogens with zero attached hydrogens (tertiary/aromatic N) is 2. The quantitative estimate of drug-likeness (QED) is 0.863. The molecule has 0 saturated carbocycles. The molecular weight excluding hydrogens is 226 g/mol. The van der Waals surface area contributed by atoms with Crippen molar-refractivity contribution < 1.29 is 9.26 Å². The monoisotopic (exact) mass is 239 g/mol. The first-order chi connectivity index (χ1) is 7.83. The first-order valence-corrected chi connectivity index (χ1v) is 5.87. The van der Waals surface area contributed by atoms with Gasteiger partial charge in [-0.3, -0.25) is 0 Å². The summed E-state index contributed by atoms with van der Waals surface area (Å²) in [5.74, 6) is 2.02. The molecule has 0 amide bonds. The first kappa shape index (κ1) is 11.1. The van der Waals surface area contributed by atoms with Crippen molar-refractivity contribution in [3.05, 3.63) is 17.3 Å². The molecule has 1 N–H and O–H groups in total. The fraction of sp³-hybridized carbons (Fsp3) is 0.400. The van der Waals surface area contributed by atoms with Crippen LogP contribution in [0.5, 0.6) is 5.75 Å². The van der Waals surface area contributed by atoms with Gasteiger partial charge in [0.25, 0.3) is 5.89 Å². The number of hydrogen-bond acceptors (Lipinski definition) is 6. The predicted molar refractivity (Wildman–Crippen MR) is 61.5 cm³/mol. The van der Waals surface area contributed by atoms with E-state index in [1.807, 2.05) is 18.4 Å². The number of rotatable bonds is 5. The van der Waals surface area contributed by atoms with E-state index in [2.05, 4.69) is 15.5 Å². The summed E-state index contributed by atoms with van der Waals surface area (Å²) in [7, 11) is 1.64. The van der Waals surface area contributed by atoms with Crippen molar-refractivity contribution in [2.75, 3.05) is 13.7 Å². The van der Waals surface area contributed by atoms with Gasteiger partial charge in [-0.15, -0.1) is 11.3 Å². The van der Waals surface area contributed by atoms with Gasteiger partial charge in [0, 0.05) is 11.4 Å². The number of hydrogen-bond donors (Lipinski definition) is 1. The zero-order valence-corrected chi connectivity index (χ0v) is 10.0. The summed E-state index contributed by atoms with van der Waals surface area (Å²) in [5, 5.41) is 8.93. The van der Waals surface area contributed by atoms with Crippen LogP contribution < -0.4 is 10.1 Å². The van der Waals surface area contributed by atoms with Crippen LogP contribution in [0.3, 0.4) is 0 Å². The molecule has 6 heteroatoms. The normalized spacial score (nSPS) is 10.6. The summed E-state index contributed by atoms with van der Waals surface area (Å²) in [6, 6.07) is 1.88. The van der Waals surface area contributed by atoms with Gasteiger partial charge in [-0.1, -0.05) is 12.1 Å². The fourth-order valence-electron chi connectivity index (χ4n) is 1.20. The molecule has 0 saturated heterocycles. The molecule has 0 bridgehead atoms. The standard InChI is InChI=1S/C10H13N3O2S/c1-3-11-5-9-12-10(15-13-9)8-4-7(14-2)6-16-8/h4,6,11H,3,5H2,1-2H3. The number of aromatic nitrogens is 2. The van der Waals surface area contributed by atoms with Crippen LogP contribution in [0.25, 0.3) is 10.8 Å². The zero-order chi connectivity index (χ0) is 11.4. The Morgan fingerprint density at radius 3 is 3.12 bits per heavy atom. The Bertz CT molecular complexity index is 452. The SMILES string of the molecule is CCNCc1noc(-c2cc(OC)cs2)n1.